The standard InChI is InChI=1S/C22H28N2O3/c1-17-7-6-8-19(15-17)16-24(18(2)25)14-12-22(26)23-13-11-20-9-4-5-10-21(20)27-3/h4-10,15H,11-14,16H2,1-3H3,(H,23,26). The first-order chi connectivity index (χ1) is 13.0. The van der Waals surface area contributed by atoms with E-state index in [9.17, 15) is 9.59 Å². The number of carbonyl (C=O) groups excluding carboxylic acids is 2. The van der Waals surface area contributed by atoms with Gasteiger partial charge in [0.05, 0.1) is 7.11 Å². The average Bonchev–Trinajstić information content (AvgIpc) is 2.65. The van der Waals surface area contributed by atoms with Crippen molar-refractivity contribution in [2.24, 2.45) is 0 Å². The van der Waals surface area contributed by atoms with Gasteiger partial charge >= 0.3 is 0 Å². The van der Waals surface area contributed by atoms with Crippen LogP contribution in [0, 0.1) is 6.92 Å². The van der Waals surface area contributed by atoms with Gasteiger partial charge in [-0.05, 0) is 30.5 Å². The number of rotatable bonds is 9. The first kappa shape index (κ1) is 20.5. The first-order valence-electron chi connectivity index (χ1n) is 9.19. The Hall–Kier alpha value is -2.82. The zero-order valence-electron chi connectivity index (χ0n) is 16.3. The third kappa shape index (κ3) is 6.77. The minimum absolute atomic E-state index is 0.0293. The minimum Gasteiger partial charge on any atom is -0.496 e. The minimum atomic E-state index is -0.0552. The van der Waals surface area contributed by atoms with E-state index in [0.29, 0.717) is 26.1 Å². The van der Waals surface area contributed by atoms with Crippen LogP contribution < -0.4 is 10.1 Å². The van der Waals surface area contributed by atoms with E-state index < -0.39 is 0 Å². The molecule has 0 aliphatic heterocycles. The molecule has 0 radical (unpaired) electrons. The zero-order chi connectivity index (χ0) is 19.6. The van der Waals surface area contributed by atoms with Crippen LogP contribution in [-0.2, 0) is 22.6 Å². The number of amides is 2. The highest BCUT2D eigenvalue weighted by molar-refractivity contribution is 5.78. The number of nitrogens with one attached hydrogen (secondary N) is 1. The van der Waals surface area contributed by atoms with Gasteiger partial charge in [0, 0.05) is 33.0 Å². The van der Waals surface area contributed by atoms with Crippen molar-refractivity contribution >= 4 is 11.8 Å². The van der Waals surface area contributed by atoms with Gasteiger partial charge in [-0.3, -0.25) is 9.59 Å². The fourth-order valence-corrected chi connectivity index (χ4v) is 2.95. The zero-order valence-corrected chi connectivity index (χ0v) is 16.3. The molecule has 1 N–H and O–H groups in total. The van der Waals surface area contributed by atoms with Crippen molar-refractivity contribution in [3.05, 3.63) is 65.2 Å². The van der Waals surface area contributed by atoms with Crippen molar-refractivity contribution in [1.29, 1.82) is 0 Å². The number of methoxy groups -OCH3 is 1. The fraction of sp³-hybridized carbons (Fsp3) is 0.364. The molecule has 0 atom stereocenters. The molecule has 0 aliphatic carbocycles. The molecule has 0 saturated heterocycles. The van der Waals surface area contributed by atoms with Crippen LogP contribution in [0.25, 0.3) is 0 Å². The number of carbonyl (C=O) groups is 2. The summed E-state index contributed by atoms with van der Waals surface area (Å²) in [5.74, 6) is 0.742. The summed E-state index contributed by atoms with van der Waals surface area (Å²) >= 11 is 0. The second kappa shape index (κ2) is 10.4. The molecule has 0 saturated carbocycles. The second-order valence-electron chi connectivity index (χ2n) is 6.59. The maximum atomic E-state index is 12.1. The van der Waals surface area contributed by atoms with Gasteiger partial charge in [-0.2, -0.15) is 0 Å². The van der Waals surface area contributed by atoms with Gasteiger partial charge in [0.15, 0.2) is 0 Å². The lowest BCUT2D eigenvalue weighted by Crippen LogP contribution is -2.34. The van der Waals surface area contributed by atoms with Crippen molar-refractivity contribution in [3.63, 3.8) is 0 Å². The largest absolute Gasteiger partial charge is 0.496 e. The lowest BCUT2D eigenvalue weighted by atomic mass is 10.1. The fourth-order valence-electron chi connectivity index (χ4n) is 2.95. The number of hydrogen-bond donors (Lipinski definition) is 1. The third-order valence-electron chi connectivity index (χ3n) is 4.42. The summed E-state index contributed by atoms with van der Waals surface area (Å²) in [6.07, 6.45) is 0.993. The van der Waals surface area contributed by atoms with Gasteiger partial charge in [-0.25, -0.2) is 0 Å². The average molecular weight is 368 g/mol. The molecular formula is C22H28N2O3. The second-order valence-corrected chi connectivity index (χ2v) is 6.59. The smallest absolute Gasteiger partial charge is 0.221 e. The van der Waals surface area contributed by atoms with Crippen LogP contribution in [0.3, 0.4) is 0 Å². The number of hydrogen-bond acceptors (Lipinski definition) is 3. The van der Waals surface area contributed by atoms with E-state index in [1.165, 1.54) is 6.92 Å². The highest BCUT2D eigenvalue weighted by Gasteiger charge is 2.12. The molecule has 5 nitrogen and oxygen atoms in total. The molecule has 0 fully saturated rings. The molecule has 27 heavy (non-hydrogen) atoms. The molecule has 2 aromatic rings. The quantitative estimate of drug-likeness (QED) is 0.740. The Morgan fingerprint density at radius 2 is 1.89 bits per heavy atom. The molecule has 144 valence electrons. The van der Waals surface area contributed by atoms with Gasteiger partial charge < -0.3 is 15.0 Å². The summed E-state index contributed by atoms with van der Waals surface area (Å²) in [5, 5.41) is 2.92. The lowest BCUT2D eigenvalue weighted by molar-refractivity contribution is -0.130. The maximum absolute atomic E-state index is 12.1. The van der Waals surface area contributed by atoms with Crippen molar-refractivity contribution in [2.45, 2.75) is 33.2 Å². The van der Waals surface area contributed by atoms with Gasteiger partial charge in [0.25, 0.3) is 0 Å². The van der Waals surface area contributed by atoms with E-state index in [-0.39, 0.29) is 18.2 Å². The summed E-state index contributed by atoms with van der Waals surface area (Å²) in [6, 6.07) is 15.8. The van der Waals surface area contributed by atoms with Crippen LogP contribution in [0.5, 0.6) is 5.75 Å². The molecule has 0 aliphatic rings. The molecule has 0 bridgehead atoms. The number of benzene rings is 2. The Labute approximate surface area is 161 Å². The molecule has 0 spiro atoms. The SMILES string of the molecule is COc1ccccc1CCNC(=O)CCN(Cc1cccc(C)c1)C(C)=O. The van der Waals surface area contributed by atoms with E-state index in [1.54, 1.807) is 12.0 Å². The molecule has 0 heterocycles. The lowest BCUT2D eigenvalue weighted by Gasteiger charge is -2.21. The highest BCUT2D eigenvalue weighted by atomic mass is 16.5. The van der Waals surface area contributed by atoms with Gasteiger partial charge in [0.2, 0.25) is 11.8 Å². The van der Waals surface area contributed by atoms with Crippen LogP contribution >= 0.6 is 0 Å². The van der Waals surface area contributed by atoms with Crippen LogP contribution in [-0.4, -0.2) is 36.9 Å². The molecular weight excluding hydrogens is 340 g/mol. The summed E-state index contributed by atoms with van der Waals surface area (Å²) in [6.45, 7) is 5.03. The third-order valence-corrected chi connectivity index (χ3v) is 4.42. The van der Waals surface area contributed by atoms with Crippen LogP contribution in [0.1, 0.15) is 30.0 Å². The molecule has 0 aromatic heterocycles. The summed E-state index contributed by atoms with van der Waals surface area (Å²) < 4.78 is 5.32. The highest BCUT2D eigenvalue weighted by Crippen LogP contribution is 2.17. The molecule has 2 aromatic carbocycles. The van der Waals surface area contributed by atoms with E-state index in [0.717, 1.165) is 22.4 Å². The van der Waals surface area contributed by atoms with E-state index in [1.807, 2.05) is 49.4 Å². The normalized spacial score (nSPS) is 10.3. The Kier molecular flexibility index (Phi) is 7.86. The van der Waals surface area contributed by atoms with E-state index in [2.05, 4.69) is 11.4 Å². The Balaban J connectivity index is 1.79. The molecule has 2 rings (SSSR count). The van der Waals surface area contributed by atoms with Gasteiger partial charge in [-0.1, -0.05) is 48.0 Å². The van der Waals surface area contributed by atoms with Crippen LogP contribution in [0.4, 0.5) is 0 Å². The number of ether oxygens (including phenoxy) is 1. The summed E-state index contributed by atoms with van der Waals surface area (Å²) in [7, 11) is 1.64. The van der Waals surface area contributed by atoms with Crippen molar-refractivity contribution in [2.75, 3.05) is 20.2 Å². The van der Waals surface area contributed by atoms with E-state index in [4.69, 9.17) is 4.74 Å². The molecule has 0 unspecified atom stereocenters. The Bertz CT molecular complexity index is 774. The van der Waals surface area contributed by atoms with E-state index >= 15 is 0 Å². The topological polar surface area (TPSA) is 58.6 Å². The van der Waals surface area contributed by atoms with Crippen LogP contribution in [0.15, 0.2) is 48.5 Å². The van der Waals surface area contributed by atoms with Crippen LogP contribution in [0.2, 0.25) is 0 Å². The maximum Gasteiger partial charge on any atom is 0.221 e. The summed E-state index contributed by atoms with van der Waals surface area (Å²) in [5.41, 5.74) is 3.29. The monoisotopic (exact) mass is 368 g/mol. The Morgan fingerprint density at radius 3 is 2.59 bits per heavy atom. The predicted molar refractivity (Wildman–Crippen MR) is 107 cm³/mol. The summed E-state index contributed by atoms with van der Waals surface area (Å²) in [4.78, 5) is 25.7. The number of para-hydroxylation sites is 1. The number of nitrogens with zero attached hydrogens (tertiary/aromatic N) is 1. The number of aryl methyl sites for hydroxylation is 1. The predicted octanol–water partition coefficient (Wildman–Crippen LogP) is 3.10. The van der Waals surface area contributed by atoms with Gasteiger partial charge in [0.1, 0.15) is 5.75 Å². The first-order valence-corrected chi connectivity index (χ1v) is 9.19. The van der Waals surface area contributed by atoms with Crippen molar-refractivity contribution in [1.82, 2.24) is 10.2 Å². The van der Waals surface area contributed by atoms with Crippen molar-refractivity contribution in [3.8, 4) is 5.75 Å². The van der Waals surface area contributed by atoms with Gasteiger partial charge in [-0.15, -0.1) is 0 Å². The molecule has 5 heteroatoms. The Morgan fingerprint density at radius 1 is 1.11 bits per heavy atom. The van der Waals surface area contributed by atoms with Crippen molar-refractivity contribution < 1.29 is 14.3 Å². The molecule has 2 amide bonds.